The van der Waals surface area contributed by atoms with E-state index in [4.69, 9.17) is 0 Å². The molecule has 0 spiro atoms. The van der Waals surface area contributed by atoms with E-state index in [1.54, 1.807) is 30.6 Å². The highest BCUT2D eigenvalue weighted by Crippen LogP contribution is 2.12. The lowest BCUT2D eigenvalue weighted by molar-refractivity contribution is 0.102. The summed E-state index contributed by atoms with van der Waals surface area (Å²) in [5, 5.41) is 3.45. The van der Waals surface area contributed by atoms with Crippen molar-refractivity contribution < 1.29 is 4.79 Å². The number of nitrogens with one attached hydrogen (secondary N) is 1. The molecule has 0 fully saturated rings. The molecule has 0 atom stereocenters. The molecule has 0 radical (unpaired) electrons. The van der Waals surface area contributed by atoms with Gasteiger partial charge in [0.2, 0.25) is 0 Å². The minimum absolute atomic E-state index is 0.164. The van der Waals surface area contributed by atoms with Crippen LogP contribution in [0.25, 0.3) is 0 Å². The van der Waals surface area contributed by atoms with Gasteiger partial charge in [-0.2, -0.15) is 4.37 Å². The van der Waals surface area contributed by atoms with Crippen LogP contribution in [-0.2, 0) is 0 Å². The fourth-order valence-electron chi connectivity index (χ4n) is 0.961. The van der Waals surface area contributed by atoms with E-state index in [0.717, 1.165) is 5.00 Å². The smallest absolute Gasteiger partial charge is 0.257 e. The van der Waals surface area contributed by atoms with Crippen LogP contribution in [0.4, 0.5) is 5.00 Å². The highest BCUT2D eigenvalue weighted by atomic mass is 32.1. The first-order valence-electron chi connectivity index (χ1n) is 3.98. The van der Waals surface area contributed by atoms with Crippen LogP contribution >= 0.6 is 11.5 Å². The molecule has 2 aromatic rings. The average Bonchev–Trinajstić information content (AvgIpc) is 2.72. The summed E-state index contributed by atoms with van der Waals surface area (Å²) >= 11 is 1.24. The molecule has 0 saturated heterocycles. The molecule has 14 heavy (non-hydrogen) atoms. The molecule has 2 heterocycles. The second-order valence-electron chi connectivity index (χ2n) is 2.57. The first kappa shape index (κ1) is 8.83. The SMILES string of the molecule is O=C(Nc1ccns1)c1cccnc1. The summed E-state index contributed by atoms with van der Waals surface area (Å²) in [7, 11) is 0. The van der Waals surface area contributed by atoms with Gasteiger partial charge in [0, 0.05) is 18.6 Å². The molecule has 0 aliphatic heterocycles. The van der Waals surface area contributed by atoms with Crippen molar-refractivity contribution in [2.75, 3.05) is 5.32 Å². The summed E-state index contributed by atoms with van der Waals surface area (Å²) in [5.41, 5.74) is 0.542. The van der Waals surface area contributed by atoms with Gasteiger partial charge < -0.3 is 5.32 Å². The van der Waals surface area contributed by atoms with Crippen LogP contribution in [-0.4, -0.2) is 15.3 Å². The first-order valence-corrected chi connectivity index (χ1v) is 4.75. The Morgan fingerprint density at radius 1 is 1.36 bits per heavy atom. The van der Waals surface area contributed by atoms with E-state index in [-0.39, 0.29) is 5.91 Å². The van der Waals surface area contributed by atoms with Crippen molar-refractivity contribution in [1.29, 1.82) is 0 Å². The third-order valence-corrected chi connectivity index (χ3v) is 2.26. The molecule has 0 unspecified atom stereocenters. The highest BCUT2D eigenvalue weighted by Gasteiger charge is 2.05. The molecule has 0 aromatic carbocycles. The zero-order valence-electron chi connectivity index (χ0n) is 7.18. The van der Waals surface area contributed by atoms with Crippen LogP contribution < -0.4 is 5.32 Å². The standard InChI is InChI=1S/C9H7N3OS/c13-9(7-2-1-4-10-6-7)12-8-3-5-11-14-8/h1-6H,(H,12,13). The van der Waals surface area contributed by atoms with Crippen molar-refractivity contribution in [3.63, 3.8) is 0 Å². The number of carbonyl (C=O) groups is 1. The summed E-state index contributed by atoms with van der Waals surface area (Å²) in [6, 6.07) is 5.18. The lowest BCUT2D eigenvalue weighted by Gasteiger charge is -1.99. The third kappa shape index (κ3) is 1.94. The third-order valence-electron chi connectivity index (χ3n) is 1.60. The highest BCUT2D eigenvalue weighted by molar-refractivity contribution is 7.10. The Balaban J connectivity index is 2.11. The monoisotopic (exact) mass is 205 g/mol. The van der Waals surface area contributed by atoms with Crippen molar-refractivity contribution in [2.24, 2.45) is 0 Å². The van der Waals surface area contributed by atoms with Gasteiger partial charge in [-0.05, 0) is 29.7 Å². The van der Waals surface area contributed by atoms with Crippen molar-refractivity contribution in [3.05, 3.63) is 42.4 Å². The van der Waals surface area contributed by atoms with Crippen LogP contribution in [0.1, 0.15) is 10.4 Å². The Morgan fingerprint density at radius 2 is 2.29 bits per heavy atom. The number of hydrogen-bond donors (Lipinski definition) is 1. The molecule has 0 aliphatic carbocycles. The van der Waals surface area contributed by atoms with Crippen LogP contribution in [0.3, 0.4) is 0 Å². The average molecular weight is 205 g/mol. The molecule has 1 N–H and O–H groups in total. The van der Waals surface area contributed by atoms with Crippen molar-refractivity contribution in [1.82, 2.24) is 9.36 Å². The Hall–Kier alpha value is -1.75. The molecule has 0 saturated carbocycles. The molecular formula is C9H7N3OS. The van der Waals surface area contributed by atoms with Crippen LogP contribution in [0.2, 0.25) is 0 Å². The van der Waals surface area contributed by atoms with Gasteiger partial charge in [0.1, 0.15) is 5.00 Å². The van der Waals surface area contributed by atoms with E-state index in [1.807, 2.05) is 0 Å². The van der Waals surface area contributed by atoms with Gasteiger partial charge in [0.25, 0.3) is 5.91 Å². The number of nitrogens with zero attached hydrogens (tertiary/aromatic N) is 2. The van der Waals surface area contributed by atoms with E-state index in [9.17, 15) is 4.79 Å². The summed E-state index contributed by atoms with van der Waals surface area (Å²) in [6.45, 7) is 0. The Kier molecular flexibility index (Phi) is 2.51. The Bertz CT molecular complexity index is 413. The molecule has 2 rings (SSSR count). The zero-order valence-corrected chi connectivity index (χ0v) is 7.99. The first-order chi connectivity index (χ1) is 6.86. The second kappa shape index (κ2) is 3.97. The fraction of sp³-hybridized carbons (Fsp3) is 0. The molecule has 1 amide bonds. The lowest BCUT2D eigenvalue weighted by atomic mass is 10.3. The quantitative estimate of drug-likeness (QED) is 0.813. The predicted molar refractivity (Wildman–Crippen MR) is 54.3 cm³/mol. The number of carbonyl (C=O) groups excluding carboxylic acids is 1. The second-order valence-corrected chi connectivity index (χ2v) is 3.41. The molecule has 2 aromatic heterocycles. The lowest BCUT2D eigenvalue weighted by Crippen LogP contribution is -2.10. The normalized spacial score (nSPS) is 9.71. The van der Waals surface area contributed by atoms with Crippen molar-refractivity contribution in [3.8, 4) is 0 Å². The fourth-order valence-corrected chi connectivity index (χ4v) is 1.46. The summed E-state index contributed by atoms with van der Waals surface area (Å²) in [4.78, 5) is 15.4. The van der Waals surface area contributed by atoms with Crippen LogP contribution in [0.5, 0.6) is 0 Å². The Labute approximate surface area is 84.8 Å². The largest absolute Gasteiger partial charge is 0.312 e. The molecule has 0 bridgehead atoms. The zero-order chi connectivity index (χ0) is 9.80. The van der Waals surface area contributed by atoms with Crippen molar-refractivity contribution in [2.45, 2.75) is 0 Å². The molecule has 4 nitrogen and oxygen atoms in total. The predicted octanol–water partition coefficient (Wildman–Crippen LogP) is 1.79. The van der Waals surface area contributed by atoms with Gasteiger partial charge in [-0.25, -0.2) is 0 Å². The molecule has 0 aliphatic rings. The maximum absolute atomic E-state index is 11.5. The van der Waals surface area contributed by atoms with Gasteiger partial charge >= 0.3 is 0 Å². The molecule has 5 heteroatoms. The number of rotatable bonds is 2. The summed E-state index contributed by atoms with van der Waals surface area (Å²) < 4.78 is 3.88. The number of aromatic nitrogens is 2. The van der Waals surface area contributed by atoms with E-state index in [0.29, 0.717) is 5.56 Å². The molecular weight excluding hydrogens is 198 g/mol. The minimum Gasteiger partial charge on any atom is -0.312 e. The van der Waals surface area contributed by atoms with Gasteiger partial charge in [-0.3, -0.25) is 9.78 Å². The van der Waals surface area contributed by atoms with Gasteiger partial charge in [-0.1, -0.05) is 0 Å². The number of amides is 1. The van der Waals surface area contributed by atoms with Gasteiger partial charge in [0.05, 0.1) is 5.56 Å². The molecule has 70 valence electrons. The van der Waals surface area contributed by atoms with E-state index in [1.165, 1.54) is 17.7 Å². The van der Waals surface area contributed by atoms with Gasteiger partial charge in [0.15, 0.2) is 0 Å². The van der Waals surface area contributed by atoms with E-state index in [2.05, 4.69) is 14.7 Å². The van der Waals surface area contributed by atoms with Crippen LogP contribution in [0, 0.1) is 0 Å². The number of pyridine rings is 1. The summed E-state index contributed by atoms with van der Waals surface area (Å²) in [6.07, 6.45) is 4.80. The van der Waals surface area contributed by atoms with E-state index < -0.39 is 0 Å². The topological polar surface area (TPSA) is 54.9 Å². The minimum atomic E-state index is -0.164. The maximum Gasteiger partial charge on any atom is 0.257 e. The van der Waals surface area contributed by atoms with Crippen molar-refractivity contribution >= 4 is 22.4 Å². The van der Waals surface area contributed by atoms with Gasteiger partial charge in [-0.15, -0.1) is 0 Å². The summed E-state index contributed by atoms with van der Waals surface area (Å²) in [5.74, 6) is -0.164. The van der Waals surface area contributed by atoms with Crippen LogP contribution in [0.15, 0.2) is 36.8 Å². The van der Waals surface area contributed by atoms with E-state index >= 15 is 0 Å². The Morgan fingerprint density at radius 3 is 2.93 bits per heavy atom. The number of anilines is 1. The maximum atomic E-state index is 11.5. The number of hydrogen-bond acceptors (Lipinski definition) is 4.